The Morgan fingerprint density at radius 1 is 0.297 bits per heavy atom. The summed E-state index contributed by atoms with van der Waals surface area (Å²) in [5, 5.41) is 0. The summed E-state index contributed by atoms with van der Waals surface area (Å²) in [4.78, 5) is 2.44. The van der Waals surface area contributed by atoms with Gasteiger partial charge in [0, 0.05) is 22.5 Å². The van der Waals surface area contributed by atoms with Crippen molar-refractivity contribution >= 4 is 17.1 Å². The first-order valence-corrected chi connectivity index (χ1v) is 23.1. The number of nitrogens with zero attached hydrogens (tertiary/aromatic N) is 1. The molecule has 0 saturated carbocycles. The quantitative estimate of drug-likeness (QED) is 0.155. The molecule has 0 amide bonds. The molecule has 8 aromatic carbocycles. The van der Waals surface area contributed by atoms with E-state index in [2.05, 4.69) is 263 Å². The van der Waals surface area contributed by atoms with Crippen LogP contribution in [0, 0.1) is 0 Å². The summed E-state index contributed by atoms with van der Waals surface area (Å²) in [5.41, 5.74) is 22.5. The Morgan fingerprint density at radius 3 is 1.27 bits per heavy atom. The van der Waals surface area contributed by atoms with Gasteiger partial charge in [0.15, 0.2) is 0 Å². The summed E-state index contributed by atoms with van der Waals surface area (Å²) >= 11 is 0. The van der Waals surface area contributed by atoms with Crippen molar-refractivity contribution in [2.75, 3.05) is 4.90 Å². The van der Waals surface area contributed by atoms with Crippen molar-refractivity contribution in [2.24, 2.45) is 0 Å². The van der Waals surface area contributed by atoms with E-state index in [0.29, 0.717) is 0 Å². The number of benzene rings is 8. The predicted octanol–water partition coefficient (Wildman–Crippen LogP) is 18.0. The van der Waals surface area contributed by atoms with E-state index in [1.165, 1.54) is 83.5 Å². The lowest BCUT2D eigenvalue weighted by atomic mass is 9.78. The van der Waals surface area contributed by atoms with Gasteiger partial charge in [-0.25, -0.2) is 0 Å². The van der Waals surface area contributed by atoms with E-state index in [0.717, 1.165) is 17.1 Å². The van der Waals surface area contributed by atoms with Crippen LogP contribution in [0.1, 0.15) is 104 Å². The largest absolute Gasteiger partial charge is 0.310 e. The maximum absolute atomic E-state index is 2.44. The van der Waals surface area contributed by atoms with Crippen molar-refractivity contribution in [1.82, 2.24) is 0 Å². The van der Waals surface area contributed by atoms with E-state index >= 15 is 0 Å². The zero-order chi connectivity index (χ0) is 45.2. The first-order chi connectivity index (χ1) is 30.3. The SMILES string of the molecule is CC(C)(C)c1cc(-c2cccc(-c3cccc(N(c4cccc(-c5ccccc5)c4)c4ccc5c(c4)C(C)(C)c4ccccc4-5)c3)c2)cc(-c2cc(C(C)(C)C)cc(C(C)(C)C)c2)c1. The topological polar surface area (TPSA) is 3.24 Å². The summed E-state index contributed by atoms with van der Waals surface area (Å²) in [6, 6.07) is 68.4. The number of fused-ring (bicyclic) bond motifs is 3. The van der Waals surface area contributed by atoms with Gasteiger partial charge >= 0.3 is 0 Å². The molecule has 0 unspecified atom stereocenters. The van der Waals surface area contributed by atoms with Crippen LogP contribution in [0.5, 0.6) is 0 Å². The average Bonchev–Trinajstić information content (AvgIpc) is 3.51. The second-order valence-corrected chi connectivity index (χ2v) is 21.6. The molecular formula is C63H63N. The fraction of sp³-hybridized carbons (Fsp3) is 0.238. The fourth-order valence-corrected chi connectivity index (χ4v) is 9.49. The van der Waals surface area contributed by atoms with E-state index in [9.17, 15) is 0 Å². The molecular weight excluding hydrogens is 771 g/mol. The minimum absolute atomic E-state index is 0.0258. The van der Waals surface area contributed by atoms with Gasteiger partial charge in [-0.3, -0.25) is 0 Å². The molecule has 8 aromatic rings. The molecule has 0 aromatic heterocycles. The number of hydrogen-bond acceptors (Lipinski definition) is 1. The molecule has 1 aliphatic rings. The Balaban J connectivity index is 1.16. The fourth-order valence-electron chi connectivity index (χ4n) is 9.49. The third-order valence-corrected chi connectivity index (χ3v) is 13.5. The summed E-state index contributed by atoms with van der Waals surface area (Å²) < 4.78 is 0. The number of hydrogen-bond donors (Lipinski definition) is 0. The molecule has 0 spiro atoms. The Hall–Kier alpha value is -6.44. The number of anilines is 3. The van der Waals surface area contributed by atoms with Crippen LogP contribution in [0.4, 0.5) is 17.1 Å². The molecule has 0 radical (unpaired) electrons. The minimum Gasteiger partial charge on any atom is -0.310 e. The van der Waals surface area contributed by atoms with Crippen LogP contribution < -0.4 is 4.90 Å². The second kappa shape index (κ2) is 16.0. The third-order valence-electron chi connectivity index (χ3n) is 13.5. The van der Waals surface area contributed by atoms with Crippen LogP contribution in [0.3, 0.4) is 0 Å². The third kappa shape index (κ3) is 8.25. The Bertz CT molecular complexity index is 2980. The maximum Gasteiger partial charge on any atom is 0.0467 e. The molecule has 0 N–H and O–H groups in total. The normalized spacial score (nSPS) is 13.4. The summed E-state index contributed by atoms with van der Waals surface area (Å²) in [5.74, 6) is 0. The van der Waals surface area contributed by atoms with Crippen molar-refractivity contribution in [3.63, 3.8) is 0 Å². The van der Waals surface area contributed by atoms with Crippen molar-refractivity contribution in [1.29, 1.82) is 0 Å². The van der Waals surface area contributed by atoms with Gasteiger partial charge in [-0.05, 0) is 148 Å². The highest BCUT2D eigenvalue weighted by Crippen LogP contribution is 2.51. The van der Waals surface area contributed by atoms with Crippen LogP contribution in [0.2, 0.25) is 0 Å². The highest BCUT2D eigenvalue weighted by Gasteiger charge is 2.36. The number of rotatable bonds is 7. The van der Waals surface area contributed by atoms with Crippen LogP contribution in [0.15, 0.2) is 182 Å². The molecule has 320 valence electrons. The molecule has 0 fully saturated rings. The van der Waals surface area contributed by atoms with Crippen LogP contribution >= 0.6 is 0 Å². The van der Waals surface area contributed by atoms with E-state index in [1.54, 1.807) is 0 Å². The standard InChI is InChI=1S/C63H63N/c1-60(2,3)50-34-47(33-48(35-50)49-36-51(61(4,5)6)40-52(37-49)62(7,8)9)44-23-17-22-43(32-44)46-25-19-27-54(39-46)64(53-26-18-24-45(38-53)42-20-13-12-14-21-42)55-30-31-57-56-28-15-16-29-58(56)63(10,11)59(57)41-55/h12-41H,1-11H3. The van der Waals surface area contributed by atoms with E-state index in [1.807, 2.05) is 0 Å². The van der Waals surface area contributed by atoms with Gasteiger partial charge in [0.2, 0.25) is 0 Å². The molecule has 0 bridgehead atoms. The lowest BCUT2D eigenvalue weighted by Crippen LogP contribution is -2.16. The van der Waals surface area contributed by atoms with Crippen molar-refractivity contribution in [2.45, 2.75) is 97.8 Å². The zero-order valence-corrected chi connectivity index (χ0v) is 39.8. The van der Waals surface area contributed by atoms with Gasteiger partial charge < -0.3 is 4.90 Å². The zero-order valence-electron chi connectivity index (χ0n) is 39.8. The van der Waals surface area contributed by atoms with Gasteiger partial charge in [-0.15, -0.1) is 0 Å². The van der Waals surface area contributed by atoms with Crippen LogP contribution in [-0.2, 0) is 21.7 Å². The lowest BCUT2D eigenvalue weighted by Gasteiger charge is -2.29. The predicted molar refractivity (Wildman–Crippen MR) is 277 cm³/mol. The summed E-state index contributed by atoms with van der Waals surface area (Å²) in [6.45, 7) is 25.6. The molecule has 1 heteroatoms. The maximum atomic E-state index is 2.44. The van der Waals surface area contributed by atoms with Gasteiger partial charge in [0.05, 0.1) is 0 Å². The molecule has 9 rings (SSSR count). The van der Waals surface area contributed by atoms with Gasteiger partial charge in [-0.1, -0.05) is 210 Å². The minimum atomic E-state index is -0.115. The first kappa shape index (κ1) is 42.8. The van der Waals surface area contributed by atoms with E-state index in [-0.39, 0.29) is 21.7 Å². The Morgan fingerprint density at radius 2 is 0.688 bits per heavy atom. The van der Waals surface area contributed by atoms with Gasteiger partial charge in [-0.2, -0.15) is 0 Å². The van der Waals surface area contributed by atoms with Crippen molar-refractivity contribution < 1.29 is 0 Å². The van der Waals surface area contributed by atoms with Crippen LogP contribution in [-0.4, -0.2) is 0 Å². The van der Waals surface area contributed by atoms with Gasteiger partial charge in [0.1, 0.15) is 0 Å². The molecule has 0 heterocycles. The molecule has 64 heavy (non-hydrogen) atoms. The molecule has 0 saturated heterocycles. The second-order valence-electron chi connectivity index (χ2n) is 21.6. The van der Waals surface area contributed by atoms with E-state index in [4.69, 9.17) is 0 Å². The highest BCUT2D eigenvalue weighted by molar-refractivity contribution is 5.88. The van der Waals surface area contributed by atoms with Crippen molar-refractivity contribution in [3.8, 4) is 55.6 Å². The molecule has 1 nitrogen and oxygen atoms in total. The Kier molecular flexibility index (Phi) is 10.7. The lowest BCUT2D eigenvalue weighted by molar-refractivity contribution is 0.569. The molecule has 0 atom stereocenters. The molecule has 0 aliphatic heterocycles. The van der Waals surface area contributed by atoms with E-state index < -0.39 is 0 Å². The van der Waals surface area contributed by atoms with Gasteiger partial charge in [0.25, 0.3) is 0 Å². The average molecular weight is 834 g/mol. The first-order valence-electron chi connectivity index (χ1n) is 23.1. The highest BCUT2D eigenvalue weighted by atomic mass is 15.1. The Labute approximate surface area is 383 Å². The summed E-state index contributed by atoms with van der Waals surface area (Å²) in [6.07, 6.45) is 0. The van der Waals surface area contributed by atoms with Crippen molar-refractivity contribution in [3.05, 3.63) is 210 Å². The molecule has 1 aliphatic carbocycles. The monoisotopic (exact) mass is 833 g/mol. The van der Waals surface area contributed by atoms with Crippen LogP contribution in [0.25, 0.3) is 55.6 Å². The summed E-state index contributed by atoms with van der Waals surface area (Å²) in [7, 11) is 0. The smallest absolute Gasteiger partial charge is 0.0467 e.